The van der Waals surface area contributed by atoms with Gasteiger partial charge in [0.25, 0.3) is 5.91 Å². The van der Waals surface area contributed by atoms with Crippen LogP contribution in [0.3, 0.4) is 0 Å². The maximum absolute atomic E-state index is 12.8. The van der Waals surface area contributed by atoms with E-state index in [-0.39, 0.29) is 17.9 Å². The summed E-state index contributed by atoms with van der Waals surface area (Å²) in [6.45, 7) is 1.17. The van der Waals surface area contributed by atoms with Crippen LogP contribution in [0.4, 0.5) is 0 Å². The van der Waals surface area contributed by atoms with Gasteiger partial charge in [0.2, 0.25) is 5.91 Å². The van der Waals surface area contributed by atoms with Crippen LogP contribution in [0, 0.1) is 0 Å². The maximum atomic E-state index is 12.8. The van der Waals surface area contributed by atoms with Crippen molar-refractivity contribution in [2.45, 2.75) is 18.9 Å². The number of nitrogens with zero attached hydrogens (tertiary/aromatic N) is 1. The quantitative estimate of drug-likeness (QED) is 0.914. The lowest BCUT2D eigenvalue weighted by Crippen LogP contribution is -2.49. The van der Waals surface area contributed by atoms with Gasteiger partial charge in [0.15, 0.2) is 0 Å². The van der Waals surface area contributed by atoms with Crippen molar-refractivity contribution >= 4 is 23.4 Å². The second-order valence-electron chi connectivity index (χ2n) is 6.24. The normalized spacial score (nSPS) is 18.8. The highest BCUT2D eigenvalue weighted by Crippen LogP contribution is 2.34. The third-order valence-electron chi connectivity index (χ3n) is 4.82. The minimum atomic E-state index is -0.0672. The van der Waals surface area contributed by atoms with E-state index in [1.54, 1.807) is 12.1 Å². The van der Waals surface area contributed by atoms with Crippen LogP contribution in [0.25, 0.3) is 0 Å². The van der Waals surface area contributed by atoms with Gasteiger partial charge in [-0.2, -0.15) is 0 Å². The lowest BCUT2D eigenvalue weighted by molar-refractivity contribution is -0.133. The Labute approximate surface area is 145 Å². The van der Waals surface area contributed by atoms with Crippen molar-refractivity contribution in [3.05, 3.63) is 69.7 Å². The Bertz CT molecular complexity index is 817. The van der Waals surface area contributed by atoms with Crippen LogP contribution in [-0.2, 0) is 17.6 Å². The van der Waals surface area contributed by atoms with Gasteiger partial charge in [-0.3, -0.25) is 9.59 Å². The van der Waals surface area contributed by atoms with Crippen molar-refractivity contribution in [3.8, 4) is 0 Å². The number of hydrogen-bond acceptors (Lipinski definition) is 2. The molecular weight excluding hydrogens is 324 g/mol. The standard InChI is InChI=1S/C19H17ClN2O2/c20-14-6-4-12(5-7-14)10-17(23)22-9-8-13-2-1-3-15-18(13)16(22)11-21-19(15)24/h1-7,16H,8-11H2,(H,21,24). The zero-order valence-corrected chi connectivity index (χ0v) is 13.8. The molecule has 2 heterocycles. The van der Waals surface area contributed by atoms with Gasteiger partial charge in [-0.15, -0.1) is 0 Å². The van der Waals surface area contributed by atoms with Gasteiger partial charge in [-0.05, 0) is 41.3 Å². The van der Waals surface area contributed by atoms with Gasteiger partial charge in [0, 0.05) is 23.7 Å². The van der Waals surface area contributed by atoms with Crippen LogP contribution in [-0.4, -0.2) is 29.8 Å². The second-order valence-corrected chi connectivity index (χ2v) is 6.68. The van der Waals surface area contributed by atoms with Crippen molar-refractivity contribution < 1.29 is 9.59 Å². The van der Waals surface area contributed by atoms with E-state index in [0.29, 0.717) is 30.1 Å². The minimum absolute atomic E-state index is 0.0462. The summed E-state index contributed by atoms with van der Waals surface area (Å²) in [5.41, 5.74) is 3.86. The predicted molar refractivity (Wildman–Crippen MR) is 92.1 cm³/mol. The van der Waals surface area contributed by atoms with E-state index in [1.165, 1.54) is 5.56 Å². The molecule has 4 rings (SSSR count). The fourth-order valence-electron chi connectivity index (χ4n) is 3.65. The average molecular weight is 341 g/mol. The Hall–Kier alpha value is -2.33. The summed E-state index contributed by atoms with van der Waals surface area (Å²) in [5.74, 6) is 0.0361. The van der Waals surface area contributed by atoms with Gasteiger partial charge >= 0.3 is 0 Å². The van der Waals surface area contributed by atoms with Crippen LogP contribution >= 0.6 is 11.6 Å². The van der Waals surface area contributed by atoms with Crippen molar-refractivity contribution in [1.82, 2.24) is 10.2 Å². The molecule has 0 saturated carbocycles. The molecule has 0 saturated heterocycles. The van der Waals surface area contributed by atoms with E-state index in [1.807, 2.05) is 29.2 Å². The van der Waals surface area contributed by atoms with Gasteiger partial charge in [-0.25, -0.2) is 0 Å². The molecule has 0 radical (unpaired) electrons. The highest BCUT2D eigenvalue weighted by atomic mass is 35.5. The van der Waals surface area contributed by atoms with Crippen molar-refractivity contribution in [1.29, 1.82) is 0 Å². The van der Waals surface area contributed by atoms with Gasteiger partial charge in [-0.1, -0.05) is 35.9 Å². The smallest absolute Gasteiger partial charge is 0.251 e. The fraction of sp³-hybridized carbons (Fsp3) is 0.263. The zero-order chi connectivity index (χ0) is 16.7. The molecule has 2 aromatic rings. The van der Waals surface area contributed by atoms with E-state index in [4.69, 9.17) is 11.6 Å². The monoisotopic (exact) mass is 340 g/mol. The summed E-state index contributed by atoms with van der Waals surface area (Å²) in [4.78, 5) is 26.8. The molecule has 2 aliphatic heterocycles. The molecule has 0 bridgehead atoms. The molecule has 2 amide bonds. The summed E-state index contributed by atoms with van der Waals surface area (Å²) in [6.07, 6.45) is 1.14. The Morgan fingerprint density at radius 2 is 2.00 bits per heavy atom. The first-order chi connectivity index (χ1) is 11.6. The SMILES string of the molecule is O=C1NCC2c3c(cccc31)CCN2C(=O)Cc1ccc(Cl)cc1. The predicted octanol–water partition coefficient (Wildman–Crippen LogP) is 2.75. The molecule has 4 nitrogen and oxygen atoms in total. The fourth-order valence-corrected chi connectivity index (χ4v) is 3.77. The van der Waals surface area contributed by atoms with Crippen LogP contribution < -0.4 is 5.32 Å². The third kappa shape index (κ3) is 2.57. The lowest BCUT2D eigenvalue weighted by atomic mass is 9.85. The Morgan fingerprint density at radius 3 is 2.79 bits per heavy atom. The Kier molecular flexibility index (Phi) is 3.77. The van der Waals surface area contributed by atoms with Gasteiger partial charge in [0.1, 0.15) is 0 Å². The molecule has 2 aromatic carbocycles. The first kappa shape index (κ1) is 15.2. The molecule has 0 aromatic heterocycles. The molecule has 122 valence electrons. The van der Waals surface area contributed by atoms with E-state index in [2.05, 4.69) is 11.4 Å². The van der Waals surface area contributed by atoms with Gasteiger partial charge < -0.3 is 10.2 Å². The first-order valence-corrected chi connectivity index (χ1v) is 8.45. The van der Waals surface area contributed by atoms with E-state index in [9.17, 15) is 9.59 Å². The number of halogens is 1. The van der Waals surface area contributed by atoms with E-state index in [0.717, 1.165) is 17.5 Å². The molecular formula is C19H17ClN2O2. The van der Waals surface area contributed by atoms with Crippen molar-refractivity contribution in [2.24, 2.45) is 0 Å². The number of carbonyl (C=O) groups excluding carboxylic acids is 2. The second kappa shape index (κ2) is 5.95. The summed E-state index contributed by atoms with van der Waals surface area (Å²) in [5, 5.41) is 3.57. The number of benzene rings is 2. The van der Waals surface area contributed by atoms with Crippen molar-refractivity contribution in [3.63, 3.8) is 0 Å². The highest BCUT2D eigenvalue weighted by Gasteiger charge is 2.36. The number of nitrogens with one attached hydrogen (secondary N) is 1. The largest absolute Gasteiger partial charge is 0.350 e. The van der Waals surface area contributed by atoms with Crippen LogP contribution in [0.2, 0.25) is 5.02 Å². The number of carbonyl (C=O) groups is 2. The summed E-state index contributed by atoms with van der Waals surface area (Å²) < 4.78 is 0. The third-order valence-corrected chi connectivity index (χ3v) is 5.07. The molecule has 1 N–H and O–H groups in total. The first-order valence-electron chi connectivity index (χ1n) is 8.07. The molecule has 1 atom stereocenters. The topological polar surface area (TPSA) is 49.4 Å². The number of rotatable bonds is 2. The molecule has 0 aliphatic carbocycles. The van der Waals surface area contributed by atoms with Gasteiger partial charge in [0.05, 0.1) is 12.5 Å². The average Bonchev–Trinajstić information content (AvgIpc) is 2.60. The minimum Gasteiger partial charge on any atom is -0.350 e. The summed E-state index contributed by atoms with van der Waals surface area (Å²) >= 11 is 5.90. The molecule has 5 heteroatoms. The van der Waals surface area contributed by atoms with Crippen LogP contribution in [0.15, 0.2) is 42.5 Å². The molecule has 24 heavy (non-hydrogen) atoms. The molecule has 2 aliphatic rings. The number of amides is 2. The molecule has 0 spiro atoms. The maximum Gasteiger partial charge on any atom is 0.251 e. The lowest BCUT2D eigenvalue weighted by Gasteiger charge is -2.40. The summed E-state index contributed by atoms with van der Waals surface area (Å²) in [6, 6.07) is 13.1. The van der Waals surface area contributed by atoms with Crippen molar-refractivity contribution in [2.75, 3.05) is 13.1 Å². The summed E-state index contributed by atoms with van der Waals surface area (Å²) in [7, 11) is 0. The molecule has 0 fully saturated rings. The van der Waals surface area contributed by atoms with E-state index < -0.39 is 0 Å². The Balaban J connectivity index is 1.62. The molecule has 1 unspecified atom stereocenters. The van der Waals surface area contributed by atoms with Crippen LogP contribution in [0.1, 0.15) is 33.1 Å². The zero-order valence-electron chi connectivity index (χ0n) is 13.1. The highest BCUT2D eigenvalue weighted by molar-refractivity contribution is 6.30. The Morgan fingerprint density at radius 1 is 1.21 bits per heavy atom. The number of hydrogen-bond donors (Lipinski definition) is 1. The van der Waals surface area contributed by atoms with E-state index >= 15 is 0 Å². The van der Waals surface area contributed by atoms with Crippen LogP contribution in [0.5, 0.6) is 0 Å².